The molecule has 4 rings (SSSR count). The van der Waals surface area contributed by atoms with Crippen LogP contribution in [-0.2, 0) is 22.8 Å². The van der Waals surface area contributed by atoms with Crippen molar-refractivity contribution in [2.75, 3.05) is 6.61 Å². The van der Waals surface area contributed by atoms with Crippen molar-refractivity contribution in [1.29, 1.82) is 0 Å². The molecule has 0 amide bonds. The predicted octanol–water partition coefficient (Wildman–Crippen LogP) is 8.69. The second kappa shape index (κ2) is 13.8. The molecule has 0 bridgehead atoms. The minimum atomic E-state index is -1.92. The van der Waals surface area contributed by atoms with E-state index in [-0.39, 0.29) is 42.5 Å². The molecule has 2 aliphatic heterocycles. The fourth-order valence-electron chi connectivity index (χ4n) is 5.94. The number of epoxide rings is 1. The Bertz CT molecular complexity index is 1200. The lowest BCUT2D eigenvalue weighted by Gasteiger charge is -2.47. The molecule has 2 saturated heterocycles. The van der Waals surface area contributed by atoms with Crippen LogP contribution in [0.1, 0.15) is 39.5 Å². The van der Waals surface area contributed by atoms with Gasteiger partial charge in [-0.3, -0.25) is 0 Å². The number of rotatable bonds is 14. The highest BCUT2D eigenvalue weighted by Gasteiger charge is 2.51. The summed E-state index contributed by atoms with van der Waals surface area (Å²) in [5.41, 5.74) is 2.20. The first-order valence-corrected chi connectivity index (χ1v) is 27.0. The molecule has 2 fully saturated rings. The van der Waals surface area contributed by atoms with Crippen molar-refractivity contribution < 1.29 is 27.2 Å². The van der Waals surface area contributed by atoms with Crippen LogP contribution in [0.15, 0.2) is 33.0 Å². The zero-order chi connectivity index (χ0) is 31.7. The van der Waals surface area contributed by atoms with Gasteiger partial charge in [-0.15, -0.1) is 0 Å². The van der Waals surface area contributed by atoms with Crippen molar-refractivity contribution >= 4 is 42.4 Å². The van der Waals surface area contributed by atoms with Gasteiger partial charge in [-0.2, -0.15) is 11.3 Å². The molecule has 4 heterocycles. The van der Waals surface area contributed by atoms with Crippen molar-refractivity contribution in [3.05, 3.63) is 34.5 Å². The summed E-state index contributed by atoms with van der Waals surface area (Å²) in [4.78, 5) is 4.51. The van der Waals surface area contributed by atoms with E-state index in [9.17, 15) is 0 Å². The fourth-order valence-corrected chi connectivity index (χ4v) is 10.2. The minimum absolute atomic E-state index is 0.0346. The number of oxazole rings is 1. The van der Waals surface area contributed by atoms with E-state index in [0.29, 0.717) is 18.4 Å². The molecule has 43 heavy (non-hydrogen) atoms. The maximum atomic E-state index is 6.99. The largest absolute Gasteiger partial charge is 0.437 e. The molecule has 242 valence electrons. The summed E-state index contributed by atoms with van der Waals surface area (Å²) in [5, 5.41) is 4.12. The number of hydrogen-bond acceptors (Lipinski definition) is 8. The molecule has 2 aromatic rings. The third kappa shape index (κ3) is 10.6. The van der Waals surface area contributed by atoms with Crippen molar-refractivity contribution in [3.63, 3.8) is 0 Å². The Morgan fingerprint density at radius 3 is 2.28 bits per heavy atom. The van der Waals surface area contributed by atoms with Crippen LogP contribution in [0, 0.1) is 11.8 Å². The van der Waals surface area contributed by atoms with Gasteiger partial charge in [-0.05, 0) is 103 Å². The average Bonchev–Trinajstić information content (AvgIpc) is 3.21. The van der Waals surface area contributed by atoms with Crippen LogP contribution < -0.4 is 0 Å². The van der Waals surface area contributed by atoms with Crippen LogP contribution in [0.2, 0.25) is 58.9 Å². The monoisotopic (exact) mass is 665 g/mol. The highest BCUT2D eigenvalue weighted by molar-refractivity contribution is 7.08. The van der Waals surface area contributed by atoms with Gasteiger partial charge < -0.3 is 27.2 Å². The third-order valence-corrected chi connectivity index (χ3v) is 11.6. The number of thiophene rings is 1. The predicted molar refractivity (Wildman–Crippen MR) is 184 cm³/mol. The molecule has 2 aliphatic rings. The molecule has 7 nitrogen and oxygen atoms in total. The summed E-state index contributed by atoms with van der Waals surface area (Å²) in [6.45, 7) is 27.5. The van der Waals surface area contributed by atoms with E-state index >= 15 is 0 Å². The molecule has 2 aromatic heterocycles. The van der Waals surface area contributed by atoms with Crippen LogP contribution in [-0.4, -0.2) is 73.2 Å². The first-order chi connectivity index (χ1) is 19.9. The lowest BCUT2D eigenvalue weighted by molar-refractivity contribution is -0.152. The van der Waals surface area contributed by atoms with Gasteiger partial charge in [0, 0.05) is 28.9 Å². The van der Waals surface area contributed by atoms with Crippen LogP contribution in [0.3, 0.4) is 0 Å². The van der Waals surface area contributed by atoms with Crippen LogP contribution in [0.4, 0.5) is 0 Å². The normalized spacial score (nSPS) is 28.6. The second-order valence-corrected chi connectivity index (χ2v) is 29.6. The Morgan fingerprint density at radius 1 is 1.00 bits per heavy atom. The Morgan fingerprint density at radius 2 is 1.67 bits per heavy atom. The molecule has 0 aromatic carbocycles. The summed E-state index contributed by atoms with van der Waals surface area (Å²) in [6, 6.07) is 2.05. The van der Waals surface area contributed by atoms with E-state index in [4.69, 9.17) is 27.2 Å². The van der Waals surface area contributed by atoms with Gasteiger partial charge >= 0.3 is 0 Å². The van der Waals surface area contributed by atoms with Crippen molar-refractivity contribution in [2.45, 2.75) is 129 Å². The minimum Gasteiger partial charge on any atom is -0.437 e. The molecular weight excluding hydrogens is 611 g/mol. The van der Waals surface area contributed by atoms with Crippen LogP contribution >= 0.6 is 11.3 Å². The smallest absolute Gasteiger partial charge is 0.219 e. The number of ether oxygens (including phenoxy) is 2. The van der Waals surface area contributed by atoms with Gasteiger partial charge in [0.15, 0.2) is 30.7 Å². The van der Waals surface area contributed by atoms with E-state index in [0.717, 1.165) is 29.7 Å². The zero-order valence-corrected chi connectivity index (χ0v) is 32.2. The van der Waals surface area contributed by atoms with Gasteiger partial charge in [-0.25, -0.2) is 4.98 Å². The van der Waals surface area contributed by atoms with E-state index in [1.165, 1.54) is 0 Å². The highest BCUT2D eigenvalue weighted by atomic mass is 32.1. The first-order valence-electron chi connectivity index (χ1n) is 15.8. The Kier molecular flexibility index (Phi) is 11.3. The van der Waals surface area contributed by atoms with E-state index in [1.807, 2.05) is 17.5 Å². The summed E-state index contributed by atoms with van der Waals surface area (Å²) in [5.74, 6) is 1.96. The third-order valence-electron chi connectivity index (χ3n) is 7.84. The molecular formula is C32H55NO6SSi3. The van der Waals surface area contributed by atoms with Crippen molar-refractivity contribution in [3.8, 4) is 11.3 Å². The summed E-state index contributed by atoms with van der Waals surface area (Å²) in [7, 11) is -5.42. The molecule has 8 atom stereocenters. The van der Waals surface area contributed by atoms with Gasteiger partial charge in [0.25, 0.3) is 0 Å². The van der Waals surface area contributed by atoms with Gasteiger partial charge in [0.1, 0.15) is 0 Å². The zero-order valence-electron chi connectivity index (χ0n) is 28.4. The lowest BCUT2D eigenvalue weighted by Crippen LogP contribution is -2.58. The molecule has 0 aliphatic carbocycles. The van der Waals surface area contributed by atoms with Gasteiger partial charge in [0.2, 0.25) is 5.89 Å². The van der Waals surface area contributed by atoms with Crippen molar-refractivity contribution in [1.82, 2.24) is 4.98 Å². The second-order valence-electron chi connectivity index (χ2n) is 15.5. The summed E-state index contributed by atoms with van der Waals surface area (Å²) < 4.78 is 39.3. The van der Waals surface area contributed by atoms with E-state index in [1.54, 1.807) is 17.5 Å². The lowest BCUT2D eigenvalue weighted by atomic mass is 9.85. The highest BCUT2D eigenvalue weighted by Crippen LogP contribution is 2.42. The molecule has 0 saturated carbocycles. The Balaban J connectivity index is 1.49. The average molecular weight is 666 g/mol. The number of aromatic nitrogens is 1. The topological polar surface area (TPSA) is 75.5 Å². The van der Waals surface area contributed by atoms with Crippen LogP contribution in [0.25, 0.3) is 17.4 Å². The Hall–Kier alpha value is -0.899. The fraction of sp³-hybridized carbons (Fsp3) is 0.719. The summed E-state index contributed by atoms with van der Waals surface area (Å²) >= 11 is 1.65. The Labute approximate surface area is 267 Å². The number of hydrogen-bond donors (Lipinski definition) is 0. The first kappa shape index (κ1) is 35.0. The quantitative estimate of drug-likeness (QED) is 0.148. The maximum Gasteiger partial charge on any atom is 0.219 e. The molecule has 0 unspecified atom stereocenters. The summed E-state index contributed by atoms with van der Waals surface area (Å²) in [6.07, 6.45) is 5.80. The van der Waals surface area contributed by atoms with Crippen LogP contribution in [0.5, 0.6) is 0 Å². The SMILES string of the molecule is C/C(=C\c1ncc(-c2ccsc2)o1)C[C@@H]1OC[C@H](C[C@@H]2O[C@H]2[C@@H](C)[C@H](C)O[Si](C)(C)C)[C@@H](O[Si](C)(C)C)[C@H]1O[Si](C)(C)C. The molecule has 0 radical (unpaired) electrons. The maximum absolute atomic E-state index is 6.99. The van der Waals surface area contributed by atoms with Gasteiger partial charge in [-0.1, -0.05) is 12.5 Å². The van der Waals surface area contributed by atoms with Crippen molar-refractivity contribution in [2.24, 2.45) is 11.8 Å². The van der Waals surface area contributed by atoms with E-state index in [2.05, 4.69) is 90.1 Å². The molecule has 11 heteroatoms. The van der Waals surface area contributed by atoms with E-state index < -0.39 is 25.0 Å². The number of nitrogens with zero attached hydrogens (tertiary/aromatic N) is 1. The van der Waals surface area contributed by atoms with Gasteiger partial charge in [0.05, 0.1) is 43.3 Å². The molecule has 0 spiro atoms. The molecule has 0 N–H and O–H groups in total. The standard InChI is InChI=1S/C32H55NO6SSi3/c1-21(16-29-33-18-28(35-29)24-13-14-40-20-24)15-26-32(39-43(10,11)12)31(38-42(7,8)9)25(19-34-26)17-27-30(36-27)22(2)23(3)37-41(4,5)6/h13-14,16,18,20,22-23,25-27,30-32H,15,17,19H2,1-12H3/b21-16+/t22-,23-,25-,26-,27-,30-,31+,32-/m0/s1.